The number of pyridine rings is 1. The quantitative estimate of drug-likeness (QED) is 0.123. The number of halogens is 2. The molecule has 0 spiro atoms. The summed E-state index contributed by atoms with van der Waals surface area (Å²) in [6.45, 7) is 4.53. The summed E-state index contributed by atoms with van der Waals surface area (Å²) in [7, 11) is 0. The lowest BCUT2D eigenvalue weighted by molar-refractivity contribution is -0.142. The van der Waals surface area contributed by atoms with Gasteiger partial charge in [0.15, 0.2) is 17.6 Å². The Labute approximate surface area is 369 Å². The van der Waals surface area contributed by atoms with Crippen molar-refractivity contribution in [3.8, 4) is 28.4 Å². The number of carbonyl (C=O) groups excluding carboxylic acids is 2. The number of aromatic nitrogens is 1. The number of ether oxygens (including phenoxy) is 4. The maximum absolute atomic E-state index is 14.2. The van der Waals surface area contributed by atoms with Gasteiger partial charge >= 0.3 is 12.1 Å². The van der Waals surface area contributed by atoms with E-state index >= 15 is 0 Å². The van der Waals surface area contributed by atoms with E-state index in [2.05, 4.69) is 10.3 Å². The zero-order valence-electron chi connectivity index (χ0n) is 34.0. The Kier molecular flexibility index (Phi) is 12.6. The molecular weight excluding hydrogens is 829 g/mol. The van der Waals surface area contributed by atoms with Crippen LogP contribution in [0, 0.1) is 13.8 Å². The number of aliphatic carboxylic acids is 1. The Morgan fingerprint density at radius 1 is 0.839 bits per heavy atom. The van der Waals surface area contributed by atoms with Gasteiger partial charge in [-0.05, 0) is 106 Å². The summed E-state index contributed by atoms with van der Waals surface area (Å²) >= 11 is 12.2. The van der Waals surface area contributed by atoms with Gasteiger partial charge in [0.2, 0.25) is 5.91 Å². The van der Waals surface area contributed by atoms with E-state index in [0.29, 0.717) is 33.9 Å². The molecule has 2 N–H and O–H groups in total. The molecule has 2 aliphatic rings. The van der Waals surface area contributed by atoms with Crippen LogP contribution in [0.3, 0.4) is 0 Å². The minimum atomic E-state index is -1.26. The van der Waals surface area contributed by atoms with Crippen LogP contribution in [0.2, 0.25) is 10.0 Å². The number of carbonyl (C=O) groups is 3. The number of hydrogen-bond acceptors (Lipinski definition) is 8. The first-order valence-corrected chi connectivity index (χ1v) is 20.9. The van der Waals surface area contributed by atoms with E-state index in [-0.39, 0.29) is 32.6 Å². The first kappa shape index (κ1) is 42.1. The third-order valence-electron chi connectivity index (χ3n) is 11.2. The Bertz CT molecular complexity index is 2610. The first-order valence-electron chi connectivity index (χ1n) is 20.1. The third kappa shape index (κ3) is 9.64. The van der Waals surface area contributed by atoms with Crippen molar-refractivity contribution in [2.75, 3.05) is 6.61 Å². The van der Waals surface area contributed by atoms with Gasteiger partial charge in [0, 0.05) is 24.7 Å². The molecule has 0 aliphatic carbocycles. The minimum Gasteiger partial charge on any atom is -0.489 e. The average Bonchev–Trinajstić information content (AvgIpc) is 3.28. The van der Waals surface area contributed by atoms with E-state index in [1.165, 1.54) is 4.90 Å². The van der Waals surface area contributed by atoms with Crippen molar-refractivity contribution < 1.29 is 38.4 Å². The topological polar surface area (TPSA) is 137 Å². The van der Waals surface area contributed by atoms with Crippen molar-refractivity contribution in [2.24, 2.45) is 0 Å². The predicted octanol–water partition coefficient (Wildman–Crippen LogP) is 9.64. The number of amides is 2. The van der Waals surface area contributed by atoms with Gasteiger partial charge in [-0.2, -0.15) is 0 Å². The summed E-state index contributed by atoms with van der Waals surface area (Å²) < 4.78 is 24.4. The molecule has 3 heterocycles. The third-order valence-corrected chi connectivity index (χ3v) is 12.0. The number of hydrogen-bond donors (Lipinski definition) is 2. The van der Waals surface area contributed by atoms with Crippen molar-refractivity contribution in [3.63, 3.8) is 0 Å². The van der Waals surface area contributed by atoms with E-state index in [1.807, 2.05) is 117 Å². The zero-order valence-corrected chi connectivity index (χ0v) is 35.5. The highest BCUT2D eigenvalue weighted by Gasteiger charge is 2.39. The predicted molar refractivity (Wildman–Crippen MR) is 235 cm³/mol. The molecule has 0 unspecified atom stereocenters. The van der Waals surface area contributed by atoms with E-state index in [1.54, 1.807) is 18.3 Å². The molecule has 11 nitrogen and oxygen atoms in total. The van der Waals surface area contributed by atoms with Gasteiger partial charge in [-0.15, -0.1) is 0 Å². The molecule has 2 amide bonds. The molecule has 6 aromatic rings. The van der Waals surface area contributed by atoms with Crippen molar-refractivity contribution in [1.29, 1.82) is 0 Å². The molecule has 0 radical (unpaired) electrons. The smallest absolute Gasteiger partial charge is 0.411 e. The fourth-order valence-electron chi connectivity index (χ4n) is 7.60. The number of nitrogens with one attached hydrogen (secondary N) is 1. The summed E-state index contributed by atoms with van der Waals surface area (Å²) in [5, 5.41) is 14.0. The standard InChI is InChI=1S/C49H43Cl2N3O8/c1-29-30(2)52-19-18-39(29)34-11-8-31(9-12-34)21-42(48(56)57)53-47(55)43-22-36-23-44-45(24-37(36)25-54(43)49(58)61-26-32-6-4-3-5-7-32)62-46(28-60-44)35-13-15-38(16-14-35)59-27-33-10-17-40(50)41(51)20-33/h3-20,23-24,42-43,46H,21-22,25-28H2,1-2H3,(H,53,55)(H,56,57)/t42-,43-,46+/m0/s1. The van der Waals surface area contributed by atoms with Crippen LogP contribution in [-0.2, 0) is 46.9 Å². The fraction of sp³-hybridized carbons (Fsp3) is 0.224. The van der Waals surface area contributed by atoms with Crippen molar-refractivity contribution in [3.05, 3.63) is 176 Å². The van der Waals surface area contributed by atoms with Gasteiger partial charge in [0.1, 0.15) is 37.7 Å². The Morgan fingerprint density at radius 2 is 1.58 bits per heavy atom. The second-order valence-corrected chi connectivity index (χ2v) is 16.2. The zero-order chi connectivity index (χ0) is 43.3. The van der Waals surface area contributed by atoms with Crippen molar-refractivity contribution >= 4 is 41.2 Å². The number of aryl methyl sites for hydroxylation is 1. The molecule has 0 saturated carbocycles. The number of rotatable bonds is 12. The molecule has 2 aliphatic heterocycles. The van der Waals surface area contributed by atoms with Crippen LogP contribution < -0.4 is 19.5 Å². The van der Waals surface area contributed by atoms with Gasteiger partial charge in [-0.3, -0.25) is 14.7 Å². The monoisotopic (exact) mass is 871 g/mol. The number of carboxylic acids is 1. The number of benzene rings is 5. The van der Waals surface area contributed by atoms with Crippen LogP contribution in [0.1, 0.15) is 50.7 Å². The highest BCUT2D eigenvalue weighted by molar-refractivity contribution is 6.42. The summed E-state index contributed by atoms with van der Waals surface area (Å²) in [5.74, 6) is -0.147. The Hall–Kier alpha value is -6.56. The largest absolute Gasteiger partial charge is 0.489 e. The number of carboxylic acid groups (broad SMARTS) is 1. The molecule has 1 aromatic heterocycles. The molecule has 0 saturated heterocycles. The van der Waals surface area contributed by atoms with Crippen molar-refractivity contribution in [2.45, 2.75) is 64.6 Å². The second kappa shape index (κ2) is 18.6. The van der Waals surface area contributed by atoms with Gasteiger partial charge in [-0.1, -0.05) is 96.0 Å². The normalized spacial score (nSPS) is 15.8. The Morgan fingerprint density at radius 3 is 2.32 bits per heavy atom. The Balaban J connectivity index is 0.975. The van der Waals surface area contributed by atoms with Gasteiger partial charge in [-0.25, -0.2) is 9.59 Å². The molecule has 8 rings (SSSR count). The molecular formula is C49H43Cl2N3O8. The SMILES string of the molecule is Cc1nccc(-c2ccc(C[C@H](NC(=O)[C@@H]3Cc4cc5c(cc4CN3C(=O)OCc3ccccc3)O[C@@H](c3ccc(OCc4ccc(Cl)c(Cl)c4)cc3)CO5)C(=O)O)cc2)c1C. The van der Waals surface area contributed by atoms with E-state index in [4.69, 9.17) is 42.1 Å². The van der Waals surface area contributed by atoms with Crippen LogP contribution in [0.15, 0.2) is 121 Å². The first-order chi connectivity index (χ1) is 30.0. The molecule has 316 valence electrons. The lowest BCUT2D eigenvalue weighted by Gasteiger charge is -2.37. The van der Waals surface area contributed by atoms with Gasteiger partial charge in [0.25, 0.3) is 0 Å². The minimum absolute atomic E-state index is 0.00811. The lowest BCUT2D eigenvalue weighted by Crippen LogP contribution is -2.56. The molecule has 5 aromatic carbocycles. The molecule has 0 fully saturated rings. The number of fused-ring (bicyclic) bond motifs is 2. The second-order valence-electron chi connectivity index (χ2n) is 15.3. The highest BCUT2D eigenvalue weighted by atomic mass is 35.5. The average molecular weight is 873 g/mol. The maximum Gasteiger partial charge on any atom is 0.411 e. The van der Waals surface area contributed by atoms with E-state index in [9.17, 15) is 19.5 Å². The summed E-state index contributed by atoms with van der Waals surface area (Å²) in [6.07, 6.45) is 0.755. The summed E-state index contributed by atoms with van der Waals surface area (Å²) in [4.78, 5) is 46.3. The number of nitrogens with zero attached hydrogens (tertiary/aromatic N) is 2. The van der Waals surface area contributed by atoms with Crippen LogP contribution in [0.5, 0.6) is 17.2 Å². The molecule has 13 heteroatoms. The highest BCUT2D eigenvalue weighted by Crippen LogP contribution is 2.41. The summed E-state index contributed by atoms with van der Waals surface area (Å²) in [6, 6.07) is 33.0. The fourth-order valence-corrected chi connectivity index (χ4v) is 7.92. The lowest BCUT2D eigenvalue weighted by atomic mass is 9.92. The molecule has 0 bridgehead atoms. The van der Waals surface area contributed by atoms with Crippen LogP contribution in [0.25, 0.3) is 11.1 Å². The van der Waals surface area contributed by atoms with E-state index < -0.39 is 36.2 Å². The van der Waals surface area contributed by atoms with E-state index in [0.717, 1.165) is 55.8 Å². The molecule has 62 heavy (non-hydrogen) atoms. The molecule has 3 atom stereocenters. The van der Waals surface area contributed by atoms with Crippen molar-refractivity contribution in [1.82, 2.24) is 15.2 Å². The summed E-state index contributed by atoms with van der Waals surface area (Å²) in [5.41, 5.74) is 8.79. The van der Waals surface area contributed by atoms with Gasteiger partial charge < -0.3 is 29.4 Å². The van der Waals surface area contributed by atoms with Crippen LogP contribution in [-0.4, -0.2) is 51.7 Å². The van der Waals surface area contributed by atoms with Crippen LogP contribution >= 0.6 is 23.2 Å². The van der Waals surface area contributed by atoms with Crippen LogP contribution in [0.4, 0.5) is 4.79 Å². The maximum atomic E-state index is 14.2. The van der Waals surface area contributed by atoms with Gasteiger partial charge in [0.05, 0.1) is 16.6 Å².